The van der Waals surface area contributed by atoms with E-state index < -0.39 is 0 Å². The van der Waals surface area contributed by atoms with Crippen LogP contribution in [0.25, 0.3) is 11.0 Å². The van der Waals surface area contributed by atoms with Gasteiger partial charge in [0.05, 0.1) is 16.4 Å². The molecule has 0 amide bonds. The number of alkyl halides is 1. The van der Waals surface area contributed by atoms with Crippen LogP contribution >= 0.6 is 11.6 Å². The van der Waals surface area contributed by atoms with Crippen LogP contribution in [-0.4, -0.2) is 47.8 Å². The summed E-state index contributed by atoms with van der Waals surface area (Å²) in [6, 6.07) is 4.68. The first-order valence-electron chi connectivity index (χ1n) is 6.82. The summed E-state index contributed by atoms with van der Waals surface area (Å²) < 4.78 is 15.5. The van der Waals surface area contributed by atoms with E-state index in [1.54, 1.807) is 6.07 Å². The molecule has 4 nitrogen and oxygen atoms in total. The molecule has 108 valence electrons. The molecule has 3 rings (SSSR count). The molecule has 1 aromatic carbocycles. The number of hydrogen-bond acceptors (Lipinski definition) is 3. The van der Waals surface area contributed by atoms with Crippen LogP contribution in [0.15, 0.2) is 18.2 Å². The Balaban J connectivity index is 2.10. The summed E-state index contributed by atoms with van der Waals surface area (Å²) in [7, 11) is 2.11. The molecule has 0 N–H and O–H groups in total. The van der Waals surface area contributed by atoms with Gasteiger partial charge in [0.25, 0.3) is 0 Å². The molecule has 0 bridgehead atoms. The highest BCUT2D eigenvalue weighted by atomic mass is 35.5. The normalized spacial score (nSPS) is 18.7. The fourth-order valence-corrected chi connectivity index (χ4v) is 2.75. The predicted octanol–water partition coefficient (Wildman–Crippen LogP) is 2.36. The number of aromatic nitrogens is 2. The second-order valence-electron chi connectivity index (χ2n) is 5.29. The lowest BCUT2D eigenvalue weighted by molar-refractivity contribution is 0.287. The first-order chi connectivity index (χ1) is 9.56. The molecule has 1 unspecified atom stereocenters. The lowest BCUT2D eigenvalue weighted by Gasteiger charge is -2.35. The first kappa shape index (κ1) is 13.6. The molecule has 0 spiro atoms. The third-order valence-electron chi connectivity index (χ3n) is 3.74. The molecule has 0 aliphatic carbocycles. The number of benzene rings is 1. The number of piperazine rings is 1. The zero-order valence-electron chi connectivity index (χ0n) is 11.7. The average Bonchev–Trinajstić information content (AvgIpc) is 2.78. The molecule has 0 saturated carbocycles. The zero-order valence-corrected chi connectivity index (χ0v) is 12.4. The summed E-state index contributed by atoms with van der Waals surface area (Å²) in [5.41, 5.74) is 1.57. The second-order valence-corrected chi connectivity index (χ2v) is 5.94. The van der Waals surface area contributed by atoms with Crippen molar-refractivity contribution in [1.82, 2.24) is 14.6 Å². The molecule has 20 heavy (non-hydrogen) atoms. The van der Waals surface area contributed by atoms with Crippen LogP contribution in [0, 0.1) is 5.82 Å². The Bertz CT molecular complexity index is 617. The van der Waals surface area contributed by atoms with E-state index in [9.17, 15) is 4.39 Å². The van der Waals surface area contributed by atoms with Gasteiger partial charge in [0.1, 0.15) is 11.6 Å². The zero-order chi connectivity index (χ0) is 14.3. The SMILES string of the molecule is CC(Cl)c1nc2ccc(F)cc2n1N1CCN(C)CC1. The minimum atomic E-state index is -0.249. The number of nitrogens with zero attached hydrogens (tertiary/aromatic N) is 4. The van der Waals surface area contributed by atoms with E-state index in [1.807, 2.05) is 11.6 Å². The van der Waals surface area contributed by atoms with Crippen molar-refractivity contribution in [3.05, 3.63) is 29.8 Å². The molecule has 1 aromatic heterocycles. The van der Waals surface area contributed by atoms with Gasteiger partial charge in [0.2, 0.25) is 0 Å². The minimum Gasteiger partial charge on any atom is -0.308 e. The predicted molar refractivity (Wildman–Crippen MR) is 79.4 cm³/mol. The molecule has 2 aromatic rings. The van der Waals surface area contributed by atoms with Gasteiger partial charge < -0.3 is 9.91 Å². The van der Waals surface area contributed by atoms with E-state index >= 15 is 0 Å². The van der Waals surface area contributed by atoms with Crippen LogP contribution < -0.4 is 5.01 Å². The Morgan fingerprint density at radius 1 is 1.25 bits per heavy atom. The van der Waals surface area contributed by atoms with E-state index in [-0.39, 0.29) is 11.2 Å². The summed E-state index contributed by atoms with van der Waals surface area (Å²) in [5.74, 6) is 0.526. The van der Waals surface area contributed by atoms with E-state index in [4.69, 9.17) is 11.6 Å². The largest absolute Gasteiger partial charge is 0.308 e. The van der Waals surface area contributed by atoms with Crippen molar-refractivity contribution < 1.29 is 4.39 Å². The quantitative estimate of drug-likeness (QED) is 0.795. The average molecular weight is 297 g/mol. The van der Waals surface area contributed by atoms with Gasteiger partial charge in [0, 0.05) is 32.2 Å². The standard InChI is InChI=1S/C14H18ClFN4/c1-10(15)14-17-12-4-3-11(16)9-13(12)20(14)19-7-5-18(2)6-8-19/h3-4,9-10H,5-8H2,1-2H3. The van der Waals surface area contributed by atoms with Gasteiger partial charge in [-0.3, -0.25) is 0 Å². The van der Waals surface area contributed by atoms with E-state index in [1.165, 1.54) is 12.1 Å². The van der Waals surface area contributed by atoms with E-state index in [0.29, 0.717) is 0 Å². The van der Waals surface area contributed by atoms with Crippen molar-refractivity contribution in [1.29, 1.82) is 0 Å². The number of hydrogen-bond donors (Lipinski definition) is 0. The minimum absolute atomic E-state index is 0.217. The maximum absolute atomic E-state index is 13.6. The Labute approximate surface area is 122 Å². The van der Waals surface area contributed by atoms with E-state index in [0.717, 1.165) is 43.0 Å². The van der Waals surface area contributed by atoms with Crippen molar-refractivity contribution in [2.45, 2.75) is 12.3 Å². The van der Waals surface area contributed by atoms with Gasteiger partial charge in [0.15, 0.2) is 0 Å². The summed E-state index contributed by atoms with van der Waals surface area (Å²) in [6.45, 7) is 5.62. The fraction of sp³-hybridized carbons (Fsp3) is 0.500. The smallest absolute Gasteiger partial charge is 0.146 e. The van der Waals surface area contributed by atoms with Crippen LogP contribution in [0.1, 0.15) is 18.1 Å². The van der Waals surface area contributed by atoms with Gasteiger partial charge in [-0.05, 0) is 26.1 Å². The Morgan fingerprint density at radius 2 is 1.95 bits per heavy atom. The molecule has 0 radical (unpaired) electrons. The Hall–Kier alpha value is -1.33. The number of imidazole rings is 1. The molecular weight excluding hydrogens is 279 g/mol. The maximum atomic E-state index is 13.6. The monoisotopic (exact) mass is 296 g/mol. The highest BCUT2D eigenvalue weighted by molar-refractivity contribution is 6.20. The van der Waals surface area contributed by atoms with Crippen molar-refractivity contribution in [3.8, 4) is 0 Å². The van der Waals surface area contributed by atoms with E-state index in [2.05, 4.69) is 21.9 Å². The van der Waals surface area contributed by atoms with Crippen molar-refractivity contribution in [3.63, 3.8) is 0 Å². The molecule has 1 aliphatic heterocycles. The highest BCUT2D eigenvalue weighted by Crippen LogP contribution is 2.25. The van der Waals surface area contributed by atoms with Crippen LogP contribution in [0.4, 0.5) is 4.39 Å². The molecule has 1 aliphatic rings. The maximum Gasteiger partial charge on any atom is 0.146 e. The molecule has 1 atom stereocenters. The van der Waals surface area contributed by atoms with Crippen molar-refractivity contribution in [2.75, 3.05) is 38.2 Å². The second kappa shape index (κ2) is 5.22. The van der Waals surface area contributed by atoms with Crippen LogP contribution in [-0.2, 0) is 0 Å². The Kier molecular flexibility index (Phi) is 3.56. The summed E-state index contributed by atoms with van der Waals surface area (Å²) >= 11 is 6.25. The number of likely N-dealkylation sites (N-methyl/N-ethyl adjacent to an activating group) is 1. The Morgan fingerprint density at radius 3 is 2.60 bits per heavy atom. The number of halogens is 2. The highest BCUT2D eigenvalue weighted by Gasteiger charge is 2.22. The van der Waals surface area contributed by atoms with Gasteiger partial charge >= 0.3 is 0 Å². The summed E-state index contributed by atoms with van der Waals surface area (Å²) in [6.07, 6.45) is 0. The lowest BCUT2D eigenvalue weighted by atomic mass is 10.3. The molecular formula is C14H18ClFN4. The van der Waals surface area contributed by atoms with Gasteiger partial charge in [-0.25, -0.2) is 14.1 Å². The number of rotatable bonds is 2. The van der Waals surface area contributed by atoms with Crippen LogP contribution in [0.5, 0.6) is 0 Å². The van der Waals surface area contributed by atoms with Gasteiger partial charge in [-0.1, -0.05) is 0 Å². The van der Waals surface area contributed by atoms with Crippen LogP contribution in [0.2, 0.25) is 0 Å². The van der Waals surface area contributed by atoms with Gasteiger partial charge in [-0.15, -0.1) is 11.6 Å². The summed E-state index contributed by atoms with van der Waals surface area (Å²) in [4.78, 5) is 6.83. The number of fused-ring (bicyclic) bond motifs is 1. The fourth-order valence-electron chi connectivity index (χ4n) is 2.61. The van der Waals surface area contributed by atoms with Crippen LogP contribution in [0.3, 0.4) is 0 Å². The summed E-state index contributed by atoms with van der Waals surface area (Å²) in [5, 5.41) is 1.98. The third kappa shape index (κ3) is 2.36. The first-order valence-corrected chi connectivity index (χ1v) is 7.25. The molecule has 6 heteroatoms. The molecule has 1 saturated heterocycles. The molecule has 1 fully saturated rings. The topological polar surface area (TPSA) is 24.3 Å². The molecule has 2 heterocycles. The third-order valence-corrected chi connectivity index (χ3v) is 3.93. The van der Waals surface area contributed by atoms with Crippen molar-refractivity contribution in [2.24, 2.45) is 0 Å². The van der Waals surface area contributed by atoms with Crippen molar-refractivity contribution >= 4 is 22.6 Å². The van der Waals surface area contributed by atoms with Gasteiger partial charge in [-0.2, -0.15) is 0 Å². The lowest BCUT2D eigenvalue weighted by Crippen LogP contribution is -2.50.